The summed E-state index contributed by atoms with van der Waals surface area (Å²) < 4.78 is 16.0. The minimum atomic E-state index is 0.270. The summed E-state index contributed by atoms with van der Waals surface area (Å²) in [5, 5.41) is 7.66. The predicted octanol–water partition coefficient (Wildman–Crippen LogP) is 2.81. The van der Waals surface area contributed by atoms with E-state index in [0.717, 1.165) is 28.4 Å². The first-order valence-corrected chi connectivity index (χ1v) is 8.33. The van der Waals surface area contributed by atoms with Crippen LogP contribution in [0.15, 0.2) is 47.6 Å². The summed E-state index contributed by atoms with van der Waals surface area (Å²) in [6, 6.07) is 13.5. The fourth-order valence-corrected chi connectivity index (χ4v) is 2.38. The summed E-state index contributed by atoms with van der Waals surface area (Å²) in [5.41, 5.74) is 4.79. The molecule has 3 rings (SSSR count). The molecule has 2 N–H and O–H groups in total. The van der Waals surface area contributed by atoms with Gasteiger partial charge < -0.3 is 19.5 Å². The highest BCUT2D eigenvalue weighted by atomic mass is 32.1. The molecule has 0 amide bonds. The second-order valence-corrected chi connectivity index (χ2v) is 5.65. The lowest BCUT2D eigenvalue weighted by atomic mass is 10.2. The largest absolute Gasteiger partial charge is 0.494 e. The second-order valence-electron chi connectivity index (χ2n) is 5.24. The zero-order chi connectivity index (χ0) is 17.5. The van der Waals surface area contributed by atoms with Gasteiger partial charge in [-0.25, -0.2) is 0 Å². The predicted molar refractivity (Wildman–Crippen MR) is 100 cm³/mol. The van der Waals surface area contributed by atoms with E-state index in [1.165, 1.54) is 0 Å². The molecule has 0 aromatic heterocycles. The van der Waals surface area contributed by atoms with E-state index in [1.54, 1.807) is 6.21 Å². The van der Waals surface area contributed by atoms with Gasteiger partial charge in [0.1, 0.15) is 5.75 Å². The van der Waals surface area contributed by atoms with Crippen LogP contribution >= 0.6 is 12.2 Å². The molecular weight excluding hydrogens is 338 g/mol. The zero-order valence-corrected chi connectivity index (χ0v) is 14.6. The van der Waals surface area contributed by atoms with Gasteiger partial charge in [-0.1, -0.05) is 6.07 Å². The average Bonchev–Trinajstić information content (AvgIpc) is 3.09. The van der Waals surface area contributed by atoms with Gasteiger partial charge in [0, 0.05) is 6.54 Å². The Bertz CT molecular complexity index is 763. The highest BCUT2D eigenvalue weighted by Gasteiger charge is 2.12. The number of rotatable bonds is 6. The summed E-state index contributed by atoms with van der Waals surface area (Å²) in [5.74, 6) is 2.37. The minimum Gasteiger partial charge on any atom is -0.494 e. The number of nitrogens with zero attached hydrogens (tertiary/aromatic N) is 1. The molecule has 130 valence electrons. The van der Waals surface area contributed by atoms with Gasteiger partial charge >= 0.3 is 0 Å². The van der Waals surface area contributed by atoms with E-state index >= 15 is 0 Å². The van der Waals surface area contributed by atoms with E-state index in [-0.39, 0.29) is 6.79 Å². The van der Waals surface area contributed by atoms with Crippen LogP contribution in [0.5, 0.6) is 17.2 Å². The summed E-state index contributed by atoms with van der Waals surface area (Å²) in [4.78, 5) is 0. The quantitative estimate of drug-likeness (QED) is 0.471. The second kappa shape index (κ2) is 8.34. The zero-order valence-electron chi connectivity index (χ0n) is 13.8. The van der Waals surface area contributed by atoms with Gasteiger partial charge in [-0.2, -0.15) is 5.10 Å². The average molecular weight is 357 g/mol. The number of nitrogens with one attached hydrogen (secondary N) is 2. The van der Waals surface area contributed by atoms with Crippen LogP contribution in [0.1, 0.15) is 18.1 Å². The van der Waals surface area contributed by atoms with Gasteiger partial charge in [-0.15, -0.1) is 0 Å². The fourth-order valence-electron chi connectivity index (χ4n) is 2.26. The van der Waals surface area contributed by atoms with E-state index < -0.39 is 0 Å². The lowest BCUT2D eigenvalue weighted by Gasteiger charge is -2.07. The number of hydrogen-bond acceptors (Lipinski definition) is 5. The Morgan fingerprint density at radius 3 is 2.80 bits per heavy atom. The molecule has 2 aromatic carbocycles. The third-order valence-electron chi connectivity index (χ3n) is 3.46. The first-order valence-electron chi connectivity index (χ1n) is 7.93. The van der Waals surface area contributed by atoms with Crippen molar-refractivity contribution < 1.29 is 14.2 Å². The van der Waals surface area contributed by atoms with E-state index in [4.69, 9.17) is 26.4 Å². The van der Waals surface area contributed by atoms with Crippen molar-refractivity contribution in [1.29, 1.82) is 0 Å². The van der Waals surface area contributed by atoms with Crippen LogP contribution in [0.4, 0.5) is 0 Å². The maximum atomic E-state index is 5.40. The Kier molecular flexibility index (Phi) is 5.69. The molecule has 6 nitrogen and oxygen atoms in total. The molecule has 0 bridgehead atoms. The Morgan fingerprint density at radius 2 is 2.00 bits per heavy atom. The van der Waals surface area contributed by atoms with Gasteiger partial charge in [0.05, 0.1) is 12.8 Å². The smallest absolute Gasteiger partial charge is 0.231 e. The van der Waals surface area contributed by atoms with Crippen molar-refractivity contribution in [3.05, 3.63) is 53.6 Å². The first kappa shape index (κ1) is 17.0. The van der Waals surface area contributed by atoms with Crippen LogP contribution < -0.4 is 25.0 Å². The maximum Gasteiger partial charge on any atom is 0.231 e. The lowest BCUT2D eigenvalue weighted by molar-refractivity contribution is 0.174. The molecule has 0 saturated heterocycles. The van der Waals surface area contributed by atoms with Crippen LogP contribution in [0.25, 0.3) is 0 Å². The first-order chi connectivity index (χ1) is 12.2. The molecule has 0 unspecified atom stereocenters. The standard InChI is InChI=1S/C18H19N3O3S/c1-2-22-15-6-3-13(4-7-15)11-20-21-18(25)19-10-14-5-8-16-17(9-14)24-12-23-16/h3-9,11H,2,10,12H2,1H3,(H2,19,21,25)/b20-11-. The van der Waals surface area contributed by atoms with Gasteiger partial charge in [0.15, 0.2) is 16.6 Å². The third-order valence-corrected chi connectivity index (χ3v) is 3.70. The van der Waals surface area contributed by atoms with Crippen molar-refractivity contribution in [2.24, 2.45) is 5.10 Å². The Morgan fingerprint density at radius 1 is 1.20 bits per heavy atom. The normalized spacial score (nSPS) is 12.2. The number of thiocarbonyl (C=S) groups is 1. The number of ether oxygens (including phenoxy) is 3. The number of fused-ring (bicyclic) bond motifs is 1. The molecule has 1 aliphatic rings. The summed E-state index contributed by atoms with van der Waals surface area (Å²) in [6.45, 7) is 3.45. The van der Waals surface area contributed by atoms with Crippen molar-refractivity contribution in [3.63, 3.8) is 0 Å². The van der Waals surface area contributed by atoms with E-state index in [2.05, 4.69) is 15.8 Å². The minimum absolute atomic E-state index is 0.270. The van der Waals surface area contributed by atoms with Crippen LogP contribution in [-0.2, 0) is 6.54 Å². The number of hydrazone groups is 1. The van der Waals surface area contributed by atoms with Crippen molar-refractivity contribution >= 4 is 23.5 Å². The number of hydrogen-bond donors (Lipinski definition) is 2. The summed E-state index contributed by atoms with van der Waals surface area (Å²) in [7, 11) is 0. The summed E-state index contributed by atoms with van der Waals surface area (Å²) in [6.07, 6.45) is 1.70. The van der Waals surface area contributed by atoms with E-state index in [0.29, 0.717) is 18.3 Å². The fraction of sp³-hybridized carbons (Fsp3) is 0.222. The van der Waals surface area contributed by atoms with Gasteiger partial charge in [0.25, 0.3) is 0 Å². The Labute approximate surface area is 151 Å². The summed E-state index contributed by atoms with van der Waals surface area (Å²) >= 11 is 5.21. The molecule has 1 aliphatic heterocycles. The highest BCUT2D eigenvalue weighted by Crippen LogP contribution is 2.32. The molecule has 0 saturated carbocycles. The molecular formula is C18H19N3O3S. The van der Waals surface area contributed by atoms with Crippen LogP contribution in [0.3, 0.4) is 0 Å². The molecule has 0 radical (unpaired) electrons. The Hall–Kier alpha value is -2.80. The van der Waals surface area contributed by atoms with Crippen LogP contribution in [0.2, 0.25) is 0 Å². The topological polar surface area (TPSA) is 64.1 Å². The van der Waals surface area contributed by atoms with Crippen molar-refractivity contribution in [1.82, 2.24) is 10.7 Å². The number of benzene rings is 2. The molecule has 2 aromatic rings. The highest BCUT2D eigenvalue weighted by molar-refractivity contribution is 7.80. The van der Waals surface area contributed by atoms with Gasteiger partial charge in [-0.3, -0.25) is 5.43 Å². The molecule has 1 heterocycles. The van der Waals surface area contributed by atoms with Crippen molar-refractivity contribution in [2.75, 3.05) is 13.4 Å². The molecule has 0 aliphatic carbocycles. The van der Waals surface area contributed by atoms with Crippen molar-refractivity contribution in [2.45, 2.75) is 13.5 Å². The third kappa shape index (κ3) is 4.84. The molecule has 0 fully saturated rings. The van der Waals surface area contributed by atoms with Crippen molar-refractivity contribution in [3.8, 4) is 17.2 Å². The van der Waals surface area contributed by atoms with Gasteiger partial charge in [-0.05, 0) is 66.7 Å². The maximum absolute atomic E-state index is 5.40. The SMILES string of the molecule is CCOc1ccc(/C=N\NC(=S)NCc2ccc3c(c2)OCO3)cc1. The van der Waals surface area contributed by atoms with Crippen LogP contribution in [0, 0.1) is 0 Å². The van der Waals surface area contributed by atoms with Gasteiger partial charge in [0.2, 0.25) is 6.79 Å². The monoisotopic (exact) mass is 357 g/mol. The molecule has 0 spiro atoms. The molecule has 0 atom stereocenters. The molecule has 7 heteroatoms. The molecule has 25 heavy (non-hydrogen) atoms. The van der Waals surface area contributed by atoms with E-state index in [9.17, 15) is 0 Å². The van der Waals surface area contributed by atoms with E-state index in [1.807, 2.05) is 49.4 Å². The Balaban J connectivity index is 1.44. The lowest BCUT2D eigenvalue weighted by Crippen LogP contribution is -2.31. The van der Waals surface area contributed by atoms with Crippen LogP contribution in [-0.4, -0.2) is 24.7 Å².